The Labute approximate surface area is 79.8 Å². The zero-order valence-electron chi connectivity index (χ0n) is 7.60. The summed E-state index contributed by atoms with van der Waals surface area (Å²) in [4.78, 5) is 11.0. The van der Waals surface area contributed by atoms with E-state index in [1.807, 2.05) is 0 Å². The molecule has 2 rings (SSSR count). The Kier molecular flexibility index (Phi) is 1.85. The smallest absolute Gasteiger partial charge is 0.398 e. The molecule has 0 amide bonds. The number of anilines is 1. The van der Waals surface area contributed by atoms with Crippen molar-refractivity contribution in [2.24, 2.45) is 7.05 Å². The quantitative estimate of drug-likeness (QED) is 0.670. The van der Waals surface area contributed by atoms with Crippen molar-refractivity contribution in [3.05, 3.63) is 34.8 Å². The van der Waals surface area contributed by atoms with Crippen LogP contribution in [0.15, 0.2) is 33.5 Å². The molecule has 0 unspecified atom stereocenters. The third-order valence-electron chi connectivity index (χ3n) is 1.88. The van der Waals surface area contributed by atoms with Gasteiger partial charge in [-0.15, -0.1) is 5.10 Å². The largest absolute Gasteiger partial charge is 0.437 e. The van der Waals surface area contributed by atoms with Crippen LogP contribution in [0.1, 0.15) is 0 Å². The van der Waals surface area contributed by atoms with Crippen LogP contribution in [0.3, 0.4) is 0 Å². The number of nitrogen functional groups attached to an aromatic ring is 1. The normalized spacial score (nSPS) is 10.4. The maximum absolute atomic E-state index is 11.0. The van der Waals surface area contributed by atoms with Gasteiger partial charge in [0.15, 0.2) is 0 Å². The summed E-state index contributed by atoms with van der Waals surface area (Å²) in [6.07, 6.45) is 0. The highest BCUT2D eigenvalue weighted by atomic mass is 16.4. The number of aromatic nitrogens is 2. The van der Waals surface area contributed by atoms with Crippen LogP contribution in [0, 0.1) is 0 Å². The van der Waals surface area contributed by atoms with Gasteiger partial charge < -0.3 is 10.2 Å². The first-order chi connectivity index (χ1) is 6.68. The number of hydrogen-bond donors (Lipinski definition) is 1. The molecule has 0 aliphatic heterocycles. The predicted octanol–water partition coefficient (Wildman–Crippen LogP) is 0.622. The fourth-order valence-corrected chi connectivity index (χ4v) is 1.15. The Morgan fingerprint density at radius 1 is 1.43 bits per heavy atom. The maximum atomic E-state index is 11.0. The molecule has 0 radical (unpaired) electrons. The lowest BCUT2D eigenvalue weighted by Crippen LogP contribution is -2.09. The van der Waals surface area contributed by atoms with E-state index in [9.17, 15) is 4.79 Å². The van der Waals surface area contributed by atoms with Crippen molar-refractivity contribution in [3.63, 3.8) is 0 Å². The van der Waals surface area contributed by atoms with E-state index in [4.69, 9.17) is 10.2 Å². The van der Waals surface area contributed by atoms with Gasteiger partial charge in [0.05, 0.1) is 5.56 Å². The fraction of sp³-hybridized carbons (Fsp3) is 0.111. The second-order valence-corrected chi connectivity index (χ2v) is 2.88. The minimum absolute atomic E-state index is 0.246. The number of para-hydroxylation sites is 1. The van der Waals surface area contributed by atoms with E-state index in [0.29, 0.717) is 11.3 Å². The van der Waals surface area contributed by atoms with E-state index in [1.165, 1.54) is 7.05 Å². The first-order valence-corrected chi connectivity index (χ1v) is 4.07. The molecule has 2 N–H and O–H groups in total. The number of hydrogen-bond acceptors (Lipinski definition) is 4. The van der Waals surface area contributed by atoms with Gasteiger partial charge >= 0.3 is 5.76 Å². The van der Waals surface area contributed by atoms with Gasteiger partial charge in [0.25, 0.3) is 5.89 Å². The monoisotopic (exact) mass is 191 g/mol. The molecule has 1 aromatic heterocycles. The molecule has 5 heteroatoms. The van der Waals surface area contributed by atoms with Gasteiger partial charge in [-0.1, -0.05) is 12.1 Å². The molecule has 0 aliphatic carbocycles. The Morgan fingerprint density at radius 2 is 2.14 bits per heavy atom. The zero-order valence-corrected chi connectivity index (χ0v) is 7.60. The fourth-order valence-electron chi connectivity index (χ4n) is 1.15. The van der Waals surface area contributed by atoms with Crippen molar-refractivity contribution in [2.75, 3.05) is 5.73 Å². The highest BCUT2D eigenvalue weighted by Crippen LogP contribution is 2.21. The molecule has 1 heterocycles. The summed E-state index contributed by atoms with van der Waals surface area (Å²) in [6.45, 7) is 0. The topological polar surface area (TPSA) is 74.1 Å². The van der Waals surface area contributed by atoms with Crippen LogP contribution < -0.4 is 11.5 Å². The van der Waals surface area contributed by atoms with Crippen molar-refractivity contribution < 1.29 is 4.42 Å². The summed E-state index contributed by atoms with van der Waals surface area (Å²) in [7, 11) is 1.52. The van der Waals surface area contributed by atoms with Crippen LogP contribution in [0.2, 0.25) is 0 Å². The highest BCUT2D eigenvalue weighted by Gasteiger charge is 2.09. The van der Waals surface area contributed by atoms with Crippen LogP contribution in [-0.4, -0.2) is 9.78 Å². The van der Waals surface area contributed by atoms with Gasteiger partial charge in [0.1, 0.15) is 0 Å². The van der Waals surface area contributed by atoms with Crippen molar-refractivity contribution in [1.82, 2.24) is 9.78 Å². The van der Waals surface area contributed by atoms with Crippen molar-refractivity contribution >= 4 is 5.69 Å². The van der Waals surface area contributed by atoms with E-state index in [-0.39, 0.29) is 5.89 Å². The first-order valence-electron chi connectivity index (χ1n) is 4.07. The molecular weight excluding hydrogens is 182 g/mol. The molecule has 5 nitrogen and oxygen atoms in total. The van der Waals surface area contributed by atoms with Crippen LogP contribution in [0.5, 0.6) is 0 Å². The number of nitrogens with zero attached hydrogens (tertiary/aromatic N) is 2. The second kappa shape index (κ2) is 3.02. The van der Waals surface area contributed by atoms with Gasteiger partial charge in [-0.3, -0.25) is 0 Å². The molecule has 0 fully saturated rings. The van der Waals surface area contributed by atoms with Crippen molar-refractivity contribution in [1.29, 1.82) is 0 Å². The average Bonchev–Trinajstić information content (AvgIpc) is 2.48. The molecule has 0 saturated heterocycles. The summed E-state index contributed by atoms with van der Waals surface area (Å²) in [5.41, 5.74) is 6.87. The van der Waals surface area contributed by atoms with E-state index in [1.54, 1.807) is 24.3 Å². The number of benzene rings is 1. The molecule has 0 saturated carbocycles. The molecule has 0 atom stereocenters. The van der Waals surface area contributed by atoms with Gasteiger partial charge in [-0.25, -0.2) is 4.79 Å². The Hall–Kier alpha value is -2.04. The molecule has 14 heavy (non-hydrogen) atoms. The van der Waals surface area contributed by atoms with Crippen LogP contribution in [-0.2, 0) is 7.05 Å². The van der Waals surface area contributed by atoms with Gasteiger partial charge in [-0.05, 0) is 12.1 Å². The predicted molar refractivity (Wildman–Crippen MR) is 51.6 cm³/mol. The van der Waals surface area contributed by atoms with Crippen molar-refractivity contribution in [3.8, 4) is 11.5 Å². The van der Waals surface area contributed by atoms with Crippen LogP contribution in [0.25, 0.3) is 11.5 Å². The molecular formula is C9H9N3O2. The Balaban J connectivity index is 2.60. The third-order valence-corrected chi connectivity index (χ3v) is 1.88. The highest BCUT2D eigenvalue weighted by molar-refractivity contribution is 5.69. The lowest BCUT2D eigenvalue weighted by Gasteiger charge is -1.97. The lowest BCUT2D eigenvalue weighted by atomic mass is 10.2. The lowest BCUT2D eigenvalue weighted by molar-refractivity contribution is 0.505. The minimum atomic E-state index is -0.497. The number of rotatable bonds is 1. The summed E-state index contributed by atoms with van der Waals surface area (Å²) < 4.78 is 6.02. The summed E-state index contributed by atoms with van der Waals surface area (Å²) in [5, 5.41) is 3.90. The number of aryl methyl sites for hydroxylation is 1. The van der Waals surface area contributed by atoms with E-state index in [0.717, 1.165) is 4.68 Å². The van der Waals surface area contributed by atoms with Crippen LogP contribution in [0.4, 0.5) is 5.69 Å². The Bertz CT molecular complexity index is 513. The SMILES string of the molecule is Cn1nc(-c2ccccc2N)oc1=O. The second-order valence-electron chi connectivity index (χ2n) is 2.88. The van der Waals surface area contributed by atoms with Crippen LogP contribution >= 0.6 is 0 Å². The van der Waals surface area contributed by atoms with E-state index in [2.05, 4.69) is 5.10 Å². The Morgan fingerprint density at radius 3 is 2.71 bits per heavy atom. The van der Waals surface area contributed by atoms with Gasteiger partial charge in [0.2, 0.25) is 0 Å². The maximum Gasteiger partial charge on any atom is 0.437 e. The van der Waals surface area contributed by atoms with E-state index < -0.39 is 5.76 Å². The third kappa shape index (κ3) is 1.28. The average molecular weight is 191 g/mol. The van der Waals surface area contributed by atoms with Gasteiger partial charge in [0, 0.05) is 12.7 Å². The van der Waals surface area contributed by atoms with Gasteiger partial charge in [-0.2, -0.15) is 4.68 Å². The minimum Gasteiger partial charge on any atom is -0.398 e. The summed E-state index contributed by atoms with van der Waals surface area (Å²) in [6, 6.07) is 7.09. The van der Waals surface area contributed by atoms with E-state index >= 15 is 0 Å². The molecule has 2 aromatic rings. The van der Waals surface area contributed by atoms with Crippen molar-refractivity contribution in [2.45, 2.75) is 0 Å². The molecule has 72 valence electrons. The summed E-state index contributed by atoms with van der Waals surface area (Å²) in [5.74, 6) is -0.251. The zero-order chi connectivity index (χ0) is 10.1. The standard InChI is InChI=1S/C9H9N3O2/c1-12-9(13)14-8(11-12)6-4-2-3-5-7(6)10/h2-5H,10H2,1H3. The molecule has 0 bridgehead atoms. The summed E-state index contributed by atoms with van der Waals surface area (Å²) >= 11 is 0. The molecule has 1 aromatic carbocycles. The molecule has 0 aliphatic rings. The number of nitrogens with two attached hydrogens (primary N) is 1. The molecule has 0 spiro atoms. The first kappa shape index (κ1) is 8.55.